The first-order valence-electron chi connectivity index (χ1n) is 9.20. The highest BCUT2D eigenvalue weighted by Crippen LogP contribution is 2.20. The zero-order chi connectivity index (χ0) is 18.6. The van der Waals surface area contributed by atoms with Crippen LogP contribution in [-0.2, 0) is 0 Å². The standard InChI is InChI=1S/C20H28FN5/c1-20(2,10-11-26-14-12-25(3)13-15-26)22-19-9-8-18(23-24-19)16-4-6-17(21)7-5-16/h4-9H,10-15H2,1-3H3,(H,22,24). The second kappa shape index (κ2) is 8.10. The molecule has 3 rings (SSSR count). The van der Waals surface area contributed by atoms with E-state index in [0.29, 0.717) is 0 Å². The summed E-state index contributed by atoms with van der Waals surface area (Å²) in [6, 6.07) is 10.1. The number of likely N-dealkylation sites (N-methyl/N-ethyl adjacent to an activating group) is 1. The maximum atomic E-state index is 13.0. The first kappa shape index (κ1) is 18.7. The SMILES string of the molecule is CN1CCN(CCC(C)(C)Nc2ccc(-c3ccc(F)cc3)nn2)CC1. The fraction of sp³-hybridized carbons (Fsp3) is 0.500. The third kappa shape index (κ3) is 5.22. The van der Waals surface area contributed by atoms with Gasteiger partial charge in [-0.1, -0.05) is 0 Å². The van der Waals surface area contributed by atoms with Crippen LogP contribution >= 0.6 is 0 Å². The van der Waals surface area contributed by atoms with Gasteiger partial charge in [-0.3, -0.25) is 0 Å². The quantitative estimate of drug-likeness (QED) is 0.861. The normalized spacial score (nSPS) is 16.6. The van der Waals surface area contributed by atoms with Crippen LogP contribution in [0.5, 0.6) is 0 Å². The Labute approximate surface area is 155 Å². The first-order chi connectivity index (χ1) is 12.4. The minimum absolute atomic E-state index is 0.0601. The Balaban J connectivity index is 1.54. The van der Waals surface area contributed by atoms with Crippen LogP contribution in [0.2, 0.25) is 0 Å². The maximum absolute atomic E-state index is 13.0. The molecule has 1 saturated heterocycles. The summed E-state index contributed by atoms with van der Waals surface area (Å²) in [5, 5.41) is 12.0. The van der Waals surface area contributed by atoms with Crippen molar-refractivity contribution in [3.63, 3.8) is 0 Å². The van der Waals surface area contributed by atoms with Gasteiger partial charge in [-0.25, -0.2) is 4.39 Å². The zero-order valence-electron chi connectivity index (χ0n) is 15.9. The summed E-state index contributed by atoms with van der Waals surface area (Å²) in [4.78, 5) is 4.89. The number of rotatable bonds is 6. The van der Waals surface area contributed by atoms with Crippen LogP contribution in [-0.4, -0.2) is 65.3 Å². The smallest absolute Gasteiger partial charge is 0.149 e. The van der Waals surface area contributed by atoms with Crippen molar-refractivity contribution in [2.24, 2.45) is 0 Å². The van der Waals surface area contributed by atoms with E-state index in [-0.39, 0.29) is 11.4 Å². The highest BCUT2D eigenvalue weighted by Gasteiger charge is 2.21. The van der Waals surface area contributed by atoms with Crippen LogP contribution in [0.1, 0.15) is 20.3 Å². The highest BCUT2D eigenvalue weighted by molar-refractivity contribution is 5.59. The minimum Gasteiger partial charge on any atom is -0.364 e. The van der Waals surface area contributed by atoms with Crippen LogP contribution in [0, 0.1) is 5.82 Å². The molecule has 2 heterocycles. The molecule has 5 nitrogen and oxygen atoms in total. The van der Waals surface area contributed by atoms with Crippen molar-refractivity contribution in [1.82, 2.24) is 20.0 Å². The lowest BCUT2D eigenvalue weighted by Crippen LogP contribution is -2.46. The van der Waals surface area contributed by atoms with Gasteiger partial charge in [0.25, 0.3) is 0 Å². The van der Waals surface area contributed by atoms with Gasteiger partial charge in [-0.05, 0) is 63.7 Å². The van der Waals surface area contributed by atoms with Gasteiger partial charge >= 0.3 is 0 Å². The molecule has 1 aromatic carbocycles. The van der Waals surface area contributed by atoms with Crippen molar-refractivity contribution in [1.29, 1.82) is 0 Å². The van der Waals surface area contributed by atoms with Gasteiger partial charge in [0.2, 0.25) is 0 Å². The Kier molecular flexibility index (Phi) is 5.84. The molecule has 1 N–H and O–H groups in total. The van der Waals surface area contributed by atoms with Crippen LogP contribution < -0.4 is 5.32 Å². The number of benzene rings is 1. The molecule has 0 amide bonds. The van der Waals surface area contributed by atoms with Gasteiger partial charge in [0, 0.05) is 43.8 Å². The van der Waals surface area contributed by atoms with E-state index in [4.69, 9.17) is 0 Å². The molecule has 0 atom stereocenters. The Hall–Kier alpha value is -2.05. The molecule has 0 radical (unpaired) electrons. The van der Waals surface area contributed by atoms with E-state index in [1.54, 1.807) is 12.1 Å². The van der Waals surface area contributed by atoms with E-state index < -0.39 is 0 Å². The largest absolute Gasteiger partial charge is 0.364 e. The summed E-state index contributed by atoms with van der Waals surface area (Å²) in [6.07, 6.45) is 1.04. The van der Waals surface area contributed by atoms with E-state index >= 15 is 0 Å². The van der Waals surface area contributed by atoms with Crippen LogP contribution in [0.15, 0.2) is 36.4 Å². The molecule has 1 aliphatic heterocycles. The first-order valence-corrected chi connectivity index (χ1v) is 9.20. The molecule has 0 spiro atoms. The molecule has 1 aromatic heterocycles. The summed E-state index contributed by atoms with van der Waals surface area (Å²) in [5.74, 6) is 0.515. The van der Waals surface area contributed by atoms with Crippen LogP contribution in [0.25, 0.3) is 11.3 Å². The lowest BCUT2D eigenvalue weighted by atomic mass is 10.00. The fourth-order valence-electron chi connectivity index (χ4n) is 3.09. The monoisotopic (exact) mass is 357 g/mol. The predicted octanol–water partition coefficient (Wildman–Crippen LogP) is 3.11. The Morgan fingerprint density at radius 2 is 1.69 bits per heavy atom. The molecule has 140 valence electrons. The number of nitrogens with one attached hydrogen (secondary N) is 1. The van der Waals surface area contributed by atoms with E-state index in [2.05, 4.69) is 46.2 Å². The third-order valence-corrected chi connectivity index (χ3v) is 4.92. The average Bonchev–Trinajstić information content (AvgIpc) is 2.62. The third-order valence-electron chi connectivity index (χ3n) is 4.92. The molecular formula is C20H28FN5. The number of aromatic nitrogens is 2. The summed E-state index contributed by atoms with van der Waals surface area (Å²) in [7, 11) is 2.18. The Morgan fingerprint density at radius 3 is 2.31 bits per heavy atom. The molecule has 0 saturated carbocycles. The number of anilines is 1. The van der Waals surface area contributed by atoms with E-state index in [1.807, 2.05) is 12.1 Å². The van der Waals surface area contributed by atoms with Gasteiger partial charge in [-0.2, -0.15) is 0 Å². The second-order valence-electron chi connectivity index (χ2n) is 7.71. The highest BCUT2D eigenvalue weighted by atomic mass is 19.1. The number of hydrogen-bond donors (Lipinski definition) is 1. The number of halogens is 1. The summed E-state index contributed by atoms with van der Waals surface area (Å²) in [6.45, 7) is 10.0. The second-order valence-corrected chi connectivity index (χ2v) is 7.71. The predicted molar refractivity (Wildman–Crippen MR) is 104 cm³/mol. The molecule has 1 fully saturated rings. The van der Waals surface area contributed by atoms with E-state index in [1.165, 1.54) is 12.1 Å². The van der Waals surface area contributed by atoms with Crippen LogP contribution in [0.4, 0.5) is 10.2 Å². The number of nitrogens with zero attached hydrogens (tertiary/aromatic N) is 4. The molecule has 2 aromatic rings. The summed E-state index contributed by atoms with van der Waals surface area (Å²) >= 11 is 0. The zero-order valence-corrected chi connectivity index (χ0v) is 15.9. The van der Waals surface area contributed by atoms with E-state index in [9.17, 15) is 4.39 Å². The van der Waals surface area contributed by atoms with Crippen LogP contribution in [0.3, 0.4) is 0 Å². The Morgan fingerprint density at radius 1 is 1.00 bits per heavy atom. The van der Waals surface area contributed by atoms with Crippen molar-refractivity contribution >= 4 is 5.82 Å². The molecular weight excluding hydrogens is 329 g/mol. The van der Waals surface area contributed by atoms with Gasteiger partial charge in [0.05, 0.1) is 5.69 Å². The van der Waals surface area contributed by atoms with Gasteiger partial charge in [0.15, 0.2) is 0 Å². The van der Waals surface area contributed by atoms with Crippen molar-refractivity contribution in [3.05, 3.63) is 42.2 Å². The maximum Gasteiger partial charge on any atom is 0.149 e. The Bertz CT molecular complexity index is 691. The van der Waals surface area contributed by atoms with Crippen molar-refractivity contribution in [2.75, 3.05) is 45.1 Å². The topological polar surface area (TPSA) is 44.3 Å². The summed E-state index contributed by atoms with van der Waals surface area (Å²) < 4.78 is 13.0. The van der Waals surface area contributed by atoms with Crippen molar-refractivity contribution < 1.29 is 4.39 Å². The minimum atomic E-state index is -0.248. The van der Waals surface area contributed by atoms with Gasteiger partial charge < -0.3 is 15.1 Å². The van der Waals surface area contributed by atoms with Crippen molar-refractivity contribution in [2.45, 2.75) is 25.8 Å². The molecule has 0 aliphatic carbocycles. The summed E-state index contributed by atoms with van der Waals surface area (Å²) in [5.41, 5.74) is 1.54. The van der Waals surface area contributed by atoms with Gasteiger partial charge in [0.1, 0.15) is 11.6 Å². The lowest BCUT2D eigenvalue weighted by molar-refractivity contribution is 0.147. The number of piperazine rings is 1. The molecule has 26 heavy (non-hydrogen) atoms. The molecule has 1 aliphatic rings. The van der Waals surface area contributed by atoms with Crippen molar-refractivity contribution in [3.8, 4) is 11.3 Å². The average molecular weight is 357 g/mol. The van der Waals surface area contributed by atoms with Gasteiger partial charge in [-0.15, -0.1) is 10.2 Å². The lowest BCUT2D eigenvalue weighted by Gasteiger charge is -2.35. The fourth-order valence-corrected chi connectivity index (χ4v) is 3.09. The molecule has 0 unspecified atom stereocenters. The molecule has 0 bridgehead atoms. The number of hydrogen-bond acceptors (Lipinski definition) is 5. The molecule has 6 heteroatoms. The van der Waals surface area contributed by atoms with E-state index in [0.717, 1.165) is 56.2 Å².